The van der Waals surface area contributed by atoms with Crippen LogP contribution in [0.3, 0.4) is 0 Å². The minimum absolute atomic E-state index is 0.387. The summed E-state index contributed by atoms with van der Waals surface area (Å²) >= 11 is 2.47. The predicted octanol–water partition coefficient (Wildman–Crippen LogP) is 0.331. The van der Waals surface area contributed by atoms with E-state index < -0.39 is 0 Å². The first-order valence-corrected chi connectivity index (χ1v) is 8.56. The Hall–Kier alpha value is -2.01. The van der Waals surface area contributed by atoms with Crippen molar-refractivity contribution in [2.24, 2.45) is 7.05 Å². The van der Waals surface area contributed by atoms with Crippen LogP contribution in [0.5, 0.6) is 0 Å². The standard InChI is InChI=1S/C15H16AsN7/c1-22-9-19-21-15(22)10-3-2-6-23(7-10)12-5-4-11-13(20-12)14(16)18-8-17-11/h4-5,8-10H,2-3,6-7H2,1H3. The summed E-state index contributed by atoms with van der Waals surface area (Å²) in [4.78, 5) is 15.6. The van der Waals surface area contributed by atoms with Gasteiger partial charge in [0.15, 0.2) is 0 Å². The number of pyridine rings is 1. The number of piperidine rings is 1. The third-order valence-electron chi connectivity index (χ3n) is 4.30. The summed E-state index contributed by atoms with van der Waals surface area (Å²) in [7, 11) is 2.00. The molecule has 1 fully saturated rings. The summed E-state index contributed by atoms with van der Waals surface area (Å²) in [6.07, 6.45) is 5.59. The molecule has 4 heterocycles. The fraction of sp³-hybridized carbons (Fsp3) is 0.400. The Morgan fingerprint density at radius 3 is 3.00 bits per heavy atom. The molecule has 0 bridgehead atoms. The first kappa shape index (κ1) is 14.6. The molecule has 1 aliphatic rings. The fourth-order valence-electron chi connectivity index (χ4n) is 3.15. The zero-order valence-corrected chi connectivity index (χ0v) is 14.7. The molecule has 116 valence electrons. The van der Waals surface area contributed by atoms with E-state index in [1.165, 1.54) is 0 Å². The molecule has 1 atom stereocenters. The molecule has 4 rings (SSSR count). The number of rotatable bonds is 2. The van der Waals surface area contributed by atoms with E-state index in [1.54, 1.807) is 12.7 Å². The second kappa shape index (κ2) is 5.89. The SMILES string of the molecule is Cn1cnnc1C1CCCN(c2ccc3ncnc([As])c3n2)C1. The Bertz CT molecular complexity index is 847. The molecule has 0 amide bonds. The van der Waals surface area contributed by atoms with Gasteiger partial charge < -0.3 is 0 Å². The van der Waals surface area contributed by atoms with Crippen molar-refractivity contribution >= 4 is 38.2 Å². The van der Waals surface area contributed by atoms with E-state index in [2.05, 4.69) is 41.9 Å². The molecule has 0 saturated carbocycles. The first-order chi connectivity index (χ1) is 11.2. The third kappa shape index (κ3) is 2.70. The zero-order valence-electron chi connectivity index (χ0n) is 12.8. The van der Waals surface area contributed by atoms with Crippen molar-refractivity contribution in [2.45, 2.75) is 18.8 Å². The van der Waals surface area contributed by atoms with Crippen molar-refractivity contribution in [2.75, 3.05) is 18.0 Å². The Morgan fingerprint density at radius 1 is 1.26 bits per heavy atom. The van der Waals surface area contributed by atoms with E-state index in [-0.39, 0.29) is 0 Å². The monoisotopic (exact) mass is 369 g/mol. The second-order valence-corrected chi connectivity index (χ2v) is 6.71. The molecule has 3 aromatic rings. The quantitative estimate of drug-likeness (QED) is 0.607. The van der Waals surface area contributed by atoms with Crippen LogP contribution in [0.4, 0.5) is 5.82 Å². The molecule has 0 aromatic carbocycles. The molecular weight excluding hydrogens is 353 g/mol. The maximum absolute atomic E-state index is 4.78. The van der Waals surface area contributed by atoms with Crippen molar-refractivity contribution in [3.8, 4) is 0 Å². The zero-order chi connectivity index (χ0) is 15.8. The molecule has 7 nitrogen and oxygen atoms in total. The van der Waals surface area contributed by atoms with Gasteiger partial charge in [0.2, 0.25) is 0 Å². The minimum atomic E-state index is 0.387. The molecule has 0 spiro atoms. The fourth-order valence-corrected chi connectivity index (χ4v) is 3.60. The van der Waals surface area contributed by atoms with Crippen molar-refractivity contribution in [3.63, 3.8) is 0 Å². The van der Waals surface area contributed by atoms with Gasteiger partial charge in [-0.15, -0.1) is 0 Å². The van der Waals surface area contributed by atoms with Gasteiger partial charge in [-0.1, -0.05) is 0 Å². The second-order valence-electron chi connectivity index (χ2n) is 5.82. The van der Waals surface area contributed by atoms with E-state index in [0.717, 1.165) is 53.1 Å². The summed E-state index contributed by atoms with van der Waals surface area (Å²) in [5.41, 5.74) is 1.73. The summed E-state index contributed by atoms with van der Waals surface area (Å²) in [5, 5.41) is 8.28. The van der Waals surface area contributed by atoms with Gasteiger partial charge in [0, 0.05) is 0 Å². The van der Waals surface area contributed by atoms with Crippen molar-refractivity contribution in [1.29, 1.82) is 0 Å². The van der Waals surface area contributed by atoms with E-state index >= 15 is 0 Å². The van der Waals surface area contributed by atoms with Gasteiger partial charge >= 0.3 is 142 Å². The van der Waals surface area contributed by atoms with Gasteiger partial charge in [-0.3, -0.25) is 0 Å². The van der Waals surface area contributed by atoms with Gasteiger partial charge in [0.05, 0.1) is 0 Å². The number of fused-ring (bicyclic) bond motifs is 1. The van der Waals surface area contributed by atoms with E-state index in [4.69, 9.17) is 4.98 Å². The number of anilines is 1. The average molecular weight is 369 g/mol. The molecule has 8 heteroatoms. The van der Waals surface area contributed by atoms with E-state index in [9.17, 15) is 0 Å². The number of nitrogens with zero attached hydrogens (tertiary/aromatic N) is 7. The Morgan fingerprint density at radius 2 is 2.17 bits per heavy atom. The normalized spacial score (nSPS) is 18.5. The number of aryl methyl sites for hydroxylation is 1. The summed E-state index contributed by atoms with van der Waals surface area (Å²) in [5.74, 6) is 2.41. The van der Waals surface area contributed by atoms with Gasteiger partial charge in [-0.05, 0) is 0 Å². The van der Waals surface area contributed by atoms with Crippen LogP contribution < -0.4 is 9.38 Å². The molecular formula is C15H16AsN7. The predicted molar refractivity (Wildman–Crippen MR) is 87.9 cm³/mol. The molecule has 0 aliphatic carbocycles. The number of hydrogen-bond donors (Lipinski definition) is 0. The van der Waals surface area contributed by atoms with Crippen LogP contribution in [0.25, 0.3) is 11.0 Å². The number of hydrogen-bond acceptors (Lipinski definition) is 6. The molecule has 1 saturated heterocycles. The van der Waals surface area contributed by atoms with Gasteiger partial charge in [0.25, 0.3) is 0 Å². The van der Waals surface area contributed by atoms with E-state index in [1.807, 2.05) is 23.7 Å². The molecule has 23 heavy (non-hydrogen) atoms. The van der Waals surface area contributed by atoms with Crippen molar-refractivity contribution in [3.05, 3.63) is 30.6 Å². The first-order valence-electron chi connectivity index (χ1n) is 7.62. The summed E-state index contributed by atoms with van der Waals surface area (Å²) < 4.78 is 2.86. The molecule has 2 radical (unpaired) electrons. The van der Waals surface area contributed by atoms with Crippen LogP contribution in [0.15, 0.2) is 24.8 Å². The summed E-state index contributed by atoms with van der Waals surface area (Å²) in [6, 6.07) is 4.06. The number of aromatic nitrogens is 6. The third-order valence-corrected chi connectivity index (χ3v) is 4.99. The van der Waals surface area contributed by atoms with Crippen LogP contribution in [-0.4, -0.2) is 59.7 Å². The maximum atomic E-state index is 4.78. The molecule has 1 aliphatic heterocycles. The van der Waals surface area contributed by atoms with Crippen molar-refractivity contribution in [1.82, 2.24) is 29.7 Å². The summed E-state index contributed by atoms with van der Waals surface area (Å²) in [6.45, 7) is 1.92. The van der Waals surface area contributed by atoms with Crippen LogP contribution in [0, 0.1) is 0 Å². The van der Waals surface area contributed by atoms with Gasteiger partial charge in [-0.25, -0.2) is 0 Å². The molecule has 1 unspecified atom stereocenters. The molecule has 3 aromatic heterocycles. The van der Waals surface area contributed by atoms with E-state index in [0.29, 0.717) is 5.92 Å². The average Bonchev–Trinajstić information content (AvgIpc) is 3.01. The van der Waals surface area contributed by atoms with Crippen LogP contribution in [0.2, 0.25) is 0 Å². The topological polar surface area (TPSA) is 72.6 Å². The van der Waals surface area contributed by atoms with Crippen LogP contribution >= 0.6 is 0 Å². The Labute approximate surface area is 142 Å². The van der Waals surface area contributed by atoms with Crippen molar-refractivity contribution < 1.29 is 0 Å². The van der Waals surface area contributed by atoms with Gasteiger partial charge in [-0.2, -0.15) is 0 Å². The van der Waals surface area contributed by atoms with Crippen LogP contribution in [0.1, 0.15) is 24.6 Å². The van der Waals surface area contributed by atoms with Gasteiger partial charge in [0.1, 0.15) is 0 Å². The molecule has 0 N–H and O–H groups in total. The van der Waals surface area contributed by atoms with Crippen LogP contribution in [-0.2, 0) is 7.05 Å². The Kier molecular flexibility index (Phi) is 3.73. The Balaban J connectivity index is 1.65.